The zero-order chi connectivity index (χ0) is 65.8. The fourth-order valence-electron chi connectivity index (χ4n) is 14.4. The molecular formula is C88H52N10S2. The molecule has 10 nitrogen and oxygen atoms in total. The van der Waals surface area contributed by atoms with E-state index in [0.717, 1.165) is 122 Å². The molecule has 0 radical (unpaired) electrons. The summed E-state index contributed by atoms with van der Waals surface area (Å²) in [6, 6.07) is 106. The number of hydrogen-bond donors (Lipinski definition) is 0. The van der Waals surface area contributed by atoms with Crippen LogP contribution in [0.1, 0.15) is 0 Å². The minimum atomic E-state index is 0.509. The van der Waals surface area contributed by atoms with Crippen molar-refractivity contribution in [2.24, 2.45) is 0 Å². The molecule has 0 aliphatic carbocycles. The van der Waals surface area contributed by atoms with Gasteiger partial charge in [0, 0.05) is 108 Å². The van der Waals surface area contributed by atoms with E-state index in [1.165, 1.54) is 40.3 Å². The molecule has 0 aliphatic heterocycles. The van der Waals surface area contributed by atoms with Gasteiger partial charge in [-0.1, -0.05) is 249 Å². The molecule has 0 unspecified atom stereocenters. The Hall–Kier alpha value is -13.0. The van der Waals surface area contributed by atoms with Gasteiger partial charge in [0.25, 0.3) is 0 Å². The lowest BCUT2D eigenvalue weighted by atomic mass is 9.99. The zero-order valence-corrected chi connectivity index (χ0v) is 54.9. The first kappa shape index (κ1) is 57.3. The van der Waals surface area contributed by atoms with Crippen molar-refractivity contribution >= 4 is 107 Å². The van der Waals surface area contributed by atoms with Crippen molar-refractivity contribution in [3.63, 3.8) is 0 Å². The Labute approximate surface area is 580 Å². The third-order valence-corrected chi connectivity index (χ3v) is 21.4. The predicted octanol–water partition coefficient (Wildman–Crippen LogP) is 22.8. The van der Waals surface area contributed by atoms with Gasteiger partial charge in [-0.25, -0.2) is 39.9 Å². The minimum Gasteiger partial charge on any atom is -0.293 e. The molecule has 0 amide bonds. The summed E-state index contributed by atoms with van der Waals surface area (Å²) in [6.45, 7) is 0. The number of benzene rings is 12. The Morgan fingerprint density at radius 2 is 0.600 bits per heavy atom. The molecule has 0 N–H and O–H groups in total. The van der Waals surface area contributed by atoms with Crippen molar-refractivity contribution in [3.05, 3.63) is 316 Å². The molecule has 0 aliphatic rings. The second-order valence-corrected chi connectivity index (χ2v) is 27.2. The van der Waals surface area contributed by atoms with E-state index in [2.05, 4.69) is 228 Å². The second-order valence-electron chi connectivity index (χ2n) is 25.0. The van der Waals surface area contributed by atoms with Crippen LogP contribution in [0.3, 0.4) is 0 Å². The number of para-hydroxylation sites is 2. The maximum Gasteiger partial charge on any atom is 0.167 e. The summed E-state index contributed by atoms with van der Waals surface area (Å²) in [5.41, 5.74) is 15.2. The monoisotopic (exact) mass is 1310 g/mol. The standard InChI is InChI=1S/C88H52N10S2/c1-5-21-53(22-6-1)61-47-70(87(89-51-61)97-72-33-17-14-30-64(72)68-50-78-69(49-74(68)97)65-31-15-19-35-75(65)100-78)85-93-83(59-27-11-4-12-28-59)92-84(96-85)60-43-41-55(42-44-60)54-37-39-56(40-38-54)62-48-71(86-94-81(57-23-7-2-8-24-57)91-82(95-86)58-25-9-3-10-26-58)88(90-52-62)98-73-34-18-13-29-63(73)66-45-46-77-79(80(66)98)67-32-16-20-36-76(67)99-77/h1-52H. The lowest BCUT2D eigenvalue weighted by molar-refractivity contribution is 1.04. The van der Waals surface area contributed by atoms with E-state index in [1.807, 2.05) is 120 Å². The Morgan fingerprint density at radius 1 is 0.220 bits per heavy atom. The number of nitrogens with zero attached hydrogens (tertiary/aromatic N) is 10. The van der Waals surface area contributed by atoms with E-state index in [-0.39, 0.29) is 0 Å². The molecule has 0 saturated heterocycles. The molecule has 0 fully saturated rings. The van der Waals surface area contributed by atoms with Crippen molar-refractivity contribution in [2.75, 3.05) is 0 Å². The first-order valence-corrected chi connectivity index (χ1v) is 34.8. The Morgan fingerprint density at radius 3 is 1.14 bits per heavy atom. The summed E-state index contributed by atoms with van der Waals surface area (Å²) in [5.74, 6) is 4.70. The van der Waals surface area contributed by atoms with Crippen molar-refractivity contribution in [1.29, 1.82) is 0 Å². The largest absolute Gasteiger partial charge is 0.293 e. The molecule has 20 aromatic rings. The van der Waals surface area contributed by atoms with Crippen LogP contribution in [0, 0.1) is 0 Å². The third-order valence-electron chi connectivity index (χ3n) is 19.2. The van der Waals surface area contributed by atoms with Gasteiger partial charge in [0.15, 0.2) is 34.9 Å². The van der Waals surface area contributed by atoms with Crippen molar-refractivity contribution in [3.8, 4) is 113 Å². The van der Waals surface area contributed by atoms with Gasteiger partial charge in [0.2, 0.25) is 0 Å². The maximum atomic E-state index is 5.54. The first-order valence-electron chi connectivity index (χ1n) is 33.2. The third kappa shape index (κ3) is 9.60. The number of rotatable bonds is 11. The molecule has 466 valence electrons. The molecular weight excluding hydrogens is 1260 g/mol. The quantitative estimate of drug-likeness (QED) is 0.126. The number of hydrogen-bond acceptors (Lipinski definition) is 10. The van der Waals surface area contributed by atoms with Crippen LogP contribution in [0.4, 0.5) is 0 Å². The average Bonchev–Trinajstić information content (AvgIpc) is 1.56. The Bertz CT molecular complexity index is 6570. The smallest absolute Gasteiger partial charge is 0.167 e. The topological polar surface area (TPSA) is 113 Å². The van der Waals surface area contributed by atoms with Crippen LogP contribution in [-0.4, -0.2) is 49.0 Å². The number of aromatic nitrogens is 10. The van der Waals surface area contributed by atoms with Crippen molar-refractivity contribution in [2.45, 2.75) is 0 Å². The molecule has 20 rings (SSSR count). The van der Waals surface area contributed by atoms with E-state index in [9.17, 15) is 0 Å². The molecule has 0 saturated carbocycles. The van der Waals surface area contributed by atoms with Crippen LogP contribution in [0.25, 0.3) is 197 Å². The van der Waals surface area contributed by atoms with Gasteiger partial charge >= 0.3 is 0 Å². The van der Waals surface area contributed by atoms with Crippen LogP contribution < -0.4 is 0 Å². The second kappa shape index (κ2) is 23.4. The van der Waals surface area contributed by atoms with E-state index in [0.29, 0.717) is 34.9 Å². The van der Waals surface area contributed by atoms with Crippen LogP contribution in [0.15, 0.2) is 316 Å². The lowest BCUT2D eigenvalue weighted by Crippen LogP contribution is -2.06. The number of pyridine rings is 2. The summed E-state index contributed by atoms with van der Waals surface area (Å²) in [6.07, 6.45) is 3.96. The van der Waals surface area contributed by atoms with Gasteiger partial charge in [-0.05, 0) is 76.9 Å². The normalized spacial score (nSPS) is 11.8. The predicted molar refractivity (Wildman–Crippen MR) is 412 cm³/mol. The van der Waals surface area contributed by atoms with Gasteiger partial charge < -0.3 is 0 Å². The molecule has 100 heavy (non-hydrogen) atoms. The Balaban J connectivity index is 0.713. The fourth-order valence-corrected chi connectivity index (χ4v) is 16.6. The highest BCUT2D eigenvalue weighted by atomic mass is 32.1. The zero-order valence-electron chi connectivity index (χ0n) is 53.3. The van der Waals surface area contributed by atoms with Crippen LogP contribution in [0.2, 0.25) is 0 Å². The summed E-state index contributed by atoms with van der Waals surface area (Å²) < 4.78 is 9.57. The number of fused-ring (bicyclic) bond motifs is 13. The summed E-state index contributed by atoms with van der Waals surface area (Å²) in [4.78, 5) is 42.9. The molecule has 0 spiro atoms. The highest BCUT2D eigenvalue weighted by molar-refractivity contribution is 7.26. The van der Waals surface area contributed by atoms with Gasteiger partial charge in [0.05, 0.1) is 33.2 Å². The van der Waals surface area contributed by atoms with Crippen LogP contribution >= 0.6 is 22.7 Å². The van der Waals surface area contributed by atoms with E-state index in [1.54, 1.807) is 0 Å². The van der Waals surface area contributed by atoms with Gasteiger partial charge in [0.1, 0.15) is 11.6 Å². The summed E-state index contributed by atoms with van der Waals surface area (Å²) in [7, 11) is 0. The molecule has 12 heteroatoms. The van der Waals surface area contributed by atoms with E-state index >= 15 is 0 Å². The molecule has 0 bridgehead atoms. The first-order chi connectivity index (χ1) is 49.5. The minimum absolute atomic E-state index is 0.509. The molecule has 0 atom stereocenters. The van der Waals surface area contributed by atoms with E-state index in [4.69, 9.17) is 39.9 Å². The highest BCUT2D eigenvalue weighted by Gasteiger charge is 2.26. The summed E-state index contributed by atoms with van der Waals surface area (Å²) in [5, 5.41) is 9.43. The molecule has 8 aromatic heterocycles. The van der Waals surface area contributed by atoms with Gasteiger partial charge in [-0.15, -0.1) is 22.7 Å². The maximum absolute atomic E-state index is 5.54. The molecule has 12 aromatic carbocycles. The molecule has 8 heterocycles. The van der Waals surface area contributed by atoms with Gasteiger partial charge in [-0.2, -0.15) is 0 Å². The number of thiophene rings is 2. The Kier molecular flexibility index (Phi) is 13.4. The van der Waals surface area contributed by atoms with E-state index < -0.39 is 0 Å². The SMILES string of the molecule is c1ccc(-c2cnc(-n3c4ccccc4c4cc5sc6ccccc6c5cc43)c(-c3nc(-c4ccccc4)nc(-c4ccc(-c5ccc(-c6cnc(-n7c8ccccc8c8ccc9sc%10ccccc%10c9c87)c(-c7nc(-c8ccccc8)nc(-c8ccccc8)n7)c6)cc5)cc4)n3)c2)cc1. The van der Waals surface area contributed by atoms with Crippen molar-refractivity contribution < 1.29 is 0 Å². The highest BCUT2D eigenvalue weighted by Crippen LogP contribution is 2.46. The van der Waals surface area contributed by atoms with Crippen LogP contribution in [-0.2, 0) is 0 Å². The fraction of sp³-hybridized carbons (Fsp3) is 0. The average molecular weight is 1310 g/mol. The van der Waals surface area contributed by atoms with Crippen molar-refractivity contribution in [1.82, 2.24) is 49.0 Å². The van der Waals surface area contributed by atoms with Crippen LogP contribution in [0.5, 0.6) is 0 Å². The summed E-state index contributed by atoms with van der Waals surface area (Å²) >= 11 is 3.64. The van der Waals surface area contributed by atoms with Gasteiger partial charge in [-0.3, -0.25) is 9.13 Å². The lowest BCUT2D eigenvalue weighted by Gasteiger charge is -2.16.